The summed E-state index contributed by atoms with van der Waals surface area (Å²) in [4.78, 5) is 17.1. The van der Waals surface area contributed by atoms with Crippen molar-refractivity contribution in [2.24, 2.45) is 0 Å². The Morgan fingerprint density at radius 3 is 2.60 bits per heavy atom. The van der Waals surface area contributed by atoms with E-state index in [0.29, 0.717) is 24.2 Å². The van der Waals surface area contributed by atoms with E-state index in [0.717, 1.165) is 11.3 Å². The van der Waals surface area contributed by atoms with E-state index in [-0.39, 0.29) is 5.78 Å². The monoisotopic (exact) mass is 330 g/mol. The number of rotatable bonds is 6. The van der Waals surface area contributed by atoms with Crippen LogP contribution in [0.15, 0.2) is 60.9 Å². The second kappa shape index (κ2) is 7.54. The number of carbonyl (C=O) groups is 1. The highest BCUT2D eigenvalue weighted by Crippen LogP contribution is 2.22. The molecule has 0 radical (unpaired) electrons. The molecule has 0 aliphatic rings. The molecule has 5 heteroatoms. The number of benzene rings is 1. The number of aromatic nitrogens is 3. The molecular formula is C20H18N4O. The summed E-state index contributed by atoms with van der Waals surface area (Å²) in [6, 6.07) is 17.3. The van der Waals surface area contributed by atoms with Crippen LogP contribution in [0.4, 0.5) is 0 Å². The topological polar surface area (TPSA) is 71.6 Å². The van der Waals surface area contributed by atoms with E-state index >= 15 is 0 Å². The van der Waals surface area contributed by atoms with E-state index < -0.39 is 5.92 Å². The number of nitrogens with zero attached hydrogens (tertiary/aromatic N) is 4. The maximum atomic E-state index is 12.9. The minimum atomic E-state index is -0.916. The van der Waals surface area contributed by atoms with E-state index in [1.807, 2.05) is 41.9 Å². The van der Waals surface area contributed by atoms with Gasteiger partial charge in [0.15, 0.2) is 11.7 Å². The Labute approximate surface area is 146 Å². The normalized spacial score (nSPS) is 11.7. The van der Waals surface area contributed by atoms with Crippen molar-refractivity contribution in [2.45, 2.75) is 25.8 Å². The molecule has 25 heavy (non-hydrogen) atoms. The lowest BCUT2D eigenvalue weighted by molar-refractivity contribution is 0.0976. The lowest BCUT2D eigenvalue weighted by atomic mass is 9.95. The summed E-state index contributed by atoms with van der Waals surface area (Å²) in [7, 11) is 0. The number of hydrogen-bond donors (Lipinski definition) is 0. The molecule has 0 fully saturated rings. The van der Waals surface area contributed by atoms with E-state index in [4.69, 9.17) is 0 Å². The summed E-state index contributed by atoms with van der Waals surface area (Å²) >= 11 is 0. The number of carbonyl (C=O) groups excluding carboxylic acids is 1. The van der Waals surface area contributed by atoms with Crippen molar-refractivity contribution in [3.8, 4) is 6.07 Å². The van der Waals surface area contributed by atoms with E-state index in [1.54, 1.807) is 30.6 Å². The number of Topliss-reactive ketones (excluding diaryl/α,β-unsaturated/α-hetero) is 1. The molecule has 0 saturated carbocycles. The molecule has 0 saturated heterocycles. The first-order valence-corrected chi connectivity index (χ1v) is 8.18. The highest BCUT2D eigenvalue weighted by molar-refractivity contribution is 6.03. The molecule has 2 aromatic heterocycles. The molecular weight excluding hydrogens is 312 g/mol. The maximum absolute atomic E-state index is 12.9. The highest BCUT2D eigenvalue weighted by atomic mass is 16.1. The molecule has 0 N–H and O–H groups in total. The number of ketones is 1. The van der Waals surface area contributed by atoms with Crippen LogP contribution in [0.1, 0.15) is 40.2 Å². The van der Waals surface area contributed by atoms with Gasteiger partial charge in [-0.15, -0.1) is 0 Å². The van der Waals surface area contributed by atoms with Crippen LogP contribution in [0.5, 0.6) is 0 Å². The number of nitriles is 1. The molecule has 0 aliphatic heterocycles. The minimum Gasteiger partial charge on any atom is -0.292 e. The maximum Gasteiger partial charge on any atom is 0.189 e. The van der Waals surface area contributed by atoms with Crippen molar-refractivity contribution in [2.75, 3.05) is 0 Å². The summed E-state index contributed by atoms with van der Waals surface area (Å²) in [5.74, 6) is -1.17. The molecule has 3 aromatic rings. The Bertz CT molecular complexity index is 894. The standard InChI is InChI=1S/C20H18N4O/c1-2-19-17(13-23-24(19)14-15-8-4-3-5-9-15)20(25)16(12-21)18-10-6-7-11-22-18/h3-11,13,16H,2,14H2,1H3. The molecule has 1 aromatic carbocycles. The fourth-order valence-electron chi connectivity index (χ4n) is 2.84. The zero-order chi connectivity index (χ0) is 17.6. The van der Waals surface area contributed by atoms with Gasteiger partial charge in [0, 0.05) is 11.9 Å². The van der Waals surface area contributed by atoms with Crippen LogP contribution >= 0.6 is 0 Å². The van der Waals surface area contributed by atoms with Crippen LogP contribution in [0.25, 0.3) is 0 Å². The predicted octanol–water partition coefficient (Wildman–Crippen LogP) is 3.38. The highest BCUT2D eigenvalue weighted by Gasteiger charge is 2.27. The molecule has 0 spiro atoms. The van der Waals surface area contributed by atoms with Crippen LogP contribution in [0, 0.1) is 11.3 Å². The summed E-state index contributed by atoms with van der Waals surface area (Å²) in [5, 5.41) is 13.9. The van der Waals surface area contributed by atoms with Gasteiger partial charge >= 0.3 is 0 Å². The van der Waals surface area contributed by atoms with Crippen molar-refractivity contribution in [1.82, 2.24) is 14.8 Å². The molecule has 0 amide bonds. The molecule has 0 bridgehead atoms. The van der Waals surface area contributed by atoms with Crippen LogP contribution in [0.2, 0.25) is 0 Å². The SMILES string of the molecule is CCc1c(C(=O)C(C#N)c2ccccn2)cnn1Cc1ccccc1. The number of hydrogen-bond acceptors (Lipinski definition) is 4. The van der Waals surface area contributed by atoms with Gasteiger partial charge in [-0.1, -0.05) is 43.3 Å². The fraction of sp³-hybridized carbons (Fsp3) is 0.200. The van der Waals surface area contributed by atoms with Gasteiger partial charge in [0.05, 0.1) is 30.1 Å². The van der Waals surface area contributed by atoms with Gasteiger partial charge in [0.25, 0.3) is 0 Å². The van der Waals surface area contributed by atoms with Gasteiger partial charge in [0.2, 0.25) is 0 Å². The van der Waals surface area contributed by atoms with Crippen LogP contribution in [0.3, 0.4) is 0 Å². The first-order valence-electron chi connectivity index (χ1n) is 8.18. The van der Waals surface area contributed by atoms with E-state index in [9.17, 15) is 10.1 Å². The van der Waals surface area contributed by atoms with Crippen LogP contribution in [-0.4, -0.2) is 20.5 Å². The van der Waals surface area contributed by atoms with Gasteiger partial charge < -0.3 is 0 Å². The molecule has 0 aliphatic carbocycles. The smallest absolute Gasteiger partial charge is 0.189 e. The van der Waals surface area contributed by atoms with Crippen molar-refractivity contribution in [3.63, 3.8) is 0 Å². The Morgan fingerprint density at radius 1 is 1.20 bits per heavy atom. The molecule has 5 nitrogen and oxygen atoms in total. The summed E-state index contributed by atoms with van der Waals surface area (Å²) in [6.07, 6.45) is 3.82. The van der Waals surface area contributed by atoms with Crippen molar-refractivity contribution in [3.05, 3.63) is 83.4 Å². The van der Waals surface area contributed by atoms with Gasteiger partial charge in [-0.25, -0.2) is 0 Å². The predicted molar refractivity (Wildman–Crippen MR) is 94.1 cm³/mol. The van der Waals surface area contributed by atoms with Crippen molar-refractivity contribution in [1.29, 1.82) is 5.26 Å². The first-order chi connectivity index (χ1) is 12.2. The van der Waals surface area contributed by atoms with Crippen molar-refractivity contribution < 1.29 is 4.79 Å². The van der Waals surface area contributed by atoms with Gasteiger partial charge in [0.1, 0.15) is 0 Å². The zero-order valence-electron chi connectivity index (χ0n) is 14.0. The summed E-state index contributed by atoms with van der Waals surface area (Å²) < 4.78 is 1.83. The minimum absolute atomic E-state index is 0.252. The third-order valence-electron chi connectivity index (χ3n) is 4.10. The summed E-state index contributed by atoms with van der Waals surface area (Å²) in [6.45, 7) is 2.58. The van der Waals surface area contributed by atoms with Crippen LogP contribution in [-0.2, 0) is 13.0 Å². The molecule has 2 heterocycles. The lowest BCUT2D eigenvalue weighted by Gasteiger charge is -2.10. The largest absolute Gasteiger partial charge is 0.292 e. The van der Waals surface area contributed by atoms with Crippen LogP contribution < -0.4 is 0 Å². The third kappa shape index (κ3) is 3.48. The fourth-order valence-corrected chi connectivity index (χ4v) is 2.84. The van der Waals surface area contributed by atoms with E-state index in [2.05, 4.69) is 16.2 Å². The summed E-state index contributed by atoms with van der Waals surface area (Å²) in [5.41, 5.74) is 2.91. The molecule has 3 rings (SSSR count). The van der Waals surface area contributed by atoms with Gasteiger partial charge in [-0.2, -0.15) is 10.4 Å². The third-order valence-corrected chi connectivity index (χ3v) is 4.10. The second-order valence-electron chi connectivity index (χ2n) is 5.68. The lowest BCUT2D eigenvalue weighted by Crippen LogP contribution is -2.15. The molecule has 124 valence electrons. The van der Waals surface area contributed by atoms with E-state index in [1.165, 1.54) is 0 Å². The second-order valence-corrected chi connectivity index (χ2v) is 5.68. The molecule has 1 atom stereocenters. The van der Waals surface area contributed by atoms with Gasteiger partial charge in [-0.05, 0) is 24.1 Å². The average molecular weight is 330 g/mol. The Morgan fingerprint density at radius 2 is 1.96 bits per heavy atom. The van der Waals surface area contributed by atoms with Crippen molar-refractivity contribution >= 4 is 5.78 Å². The Hall–Kier alpha value is -3.26. The quantitative estimate of drug-likeness (QED) is 0.650. The first kappa shape index (κ1) is 16.6. The molecule has 1 unspecified atom stereocenters. The Balaban J connectivity index is 1.92. The number of pyridine rings is 1. The average Bonchev–Trinajstić information content (AvgIpc) is 3.06. The Kier molecular flexibility index (Phi) is 5.00. The zero-order valence-corrected chi connectivity index (χ0v) is 14.0. The van der Waals surface area contributed by atoms with Gasteiger partial charge in [-0.3, -0.25) is 14.5 Å².